The molecule has 2 heterocycles. The molecule has 2 rings (SSSR count). The summed E-state index contributed by atoms with van der Waals surface area (Å²) in [6.45, 7) is 4.78. The third kappa shape index (κ3) is 2.68. The number of hydrogen-bond acceptors (Lipinski definition) is 4. The third-order valence-electron chi connectivity index (χ3n) is 2.96. The largest absolute Gasteiger partial charge is 0.317 e. The van der Waals surface area contributed by atoms with Crippen molar-refractivity contribution < 1.29 is 0 Å². The van der Waals surface area contributed by atoms with E-state index < -0.39 is 0 Å². The van der Waals surface area contributed by atoms with Crippen LogP contribution in [0, 0.1) is 6.92 Å². The Hall–Kier alpha value is -1.75. The van der Waals surface area contributed by atoms with Crippen molar-refractivity contribution in [1.29, 1.82) is 0 Å². The van der Waals surface area contributed by atoms with Crippen LogP contribution in [0.4, 0.5) is 0 Å². The quantitative estimate of drug-likeness (QED) is 0.863. The third-order valence-corrected chi connectivity index (χ3v) is 2.96. The predicted molar refractivity (Wildman–Crippen MR) is 65.2 cm³/mol. The van der Waals surface area contributed by atoms with Gasteiger partial charge in [0.1, 0.15) is 11.6 Å². The van der Waals surface area contributed by atoms with Crippen molar-refractivity contribution in [3.05, 3.63) is 41.7 Å². The summed E-state index contributed by atoms with van der Waals surface area (Å²) in [6, 6.07) is 4.30. The van der Waals surface area contributed by atoms with E-state index in [9.17, 15) is 0 Å². The lowest BCUT2D eigenvalue weighted by molar-refractivity contribution is 0.547. The van der Waals surface area contributed by atoms with E-state index in [-0.39, 0.29) is 6.04 Å². The van der Waals surface area contributed by atoms with Crippen LogP contribution < -0.4 is 5.32 Å². The molecule has 0 saturated carbocycles. The Bertz CT molecular complexity index is 477. The van der Waals surface area contributed by atoms with E-state index in [1.165, 1.54) is 5.56 Å². The van der Waals surface area contributed by atoms with Gasteiger partial charge in [-0.25, -0.2) is 0 Å². The van der Waals surface area contributed by atoms with Crippen LogP contribution in [0.25, 0.3) is 0 Å². The minimum atomic E-state index is 0.273. The zero-order chi connectivity index (χ0) is 12.3. The van der Waals surface area contributed by atoms with Crippen molar-refractivity contribution in [2.45, 2.75) is 26.4 Å². The van der Waals surface area contributed by atoms with Crippen LogP contribution in [-0.4, -0.2) is 19.7 Å². The van der Waals surface area contributed by atoms with Gasteiger partial charge in [0.25, 0.3) is 0 Å². The van der Waals surface area contributed by atoms with Crippen LogP contribution in [0.2, 0.25) is 0 Å². The van der Waals surface area contributed by atoms with Gasteiger partial charge in [-0.15, -0.1) is 10.2 Å². The van der Waals surface area contributed by atoms with E-state index in [1.54, 1.807) is 12.4 Å². The van der Waals surface area contributed by atoms with Gasteiger partial charge in [-0.05, 0) is 31.5 Å². The van der Waals surface area contributed by atoms with Crippen molar-refractivity contribution in [2.75, 3.05) is 0 Å². The SMILES string of the molecule is Cc1nnc(CNC(C)c2ccncc2)n1C. The molecule has 1 N–H and O–H groups in total. The first-order chi connectivity index (χ1) is 8.18. The lowest BCUT2D eigenvalue weighted by Crippen LogP contribution is -2.20. The molecule has 0 amide bonds. The second-order valence-electron chi connectivity index (χ2n) is 4.11. The zero-order valence-electron chi connectivity index (χ0n) is 10.4. The Labute approximate surface area is 101 Å². The van der Waals surface area contributed by atoms with Gasteiger partial charge in [-0.1, -0.05) is 0 Å². The molecule has 0 aromatic carbocycles. The van der Waals surface area contributed by atoms with Gasteiger partial charge in [0, 0.05) is 25.5 Å². The Morgan fingerprint density at radius 1 is 1.29 bits per heavy atom. The molecule has 17 heavy (non-hydrogen) atoms. The first-order valence-electron chi connectivity index (χ1n) is 5.66. The molecule has 0 radical (unpaired) electrons. The van der Waals surface area contributed by atoms with E-state index in [0.29, 0.717) is 6.54 Å². The lowest BCUT2D eigenvalue weighted by Gasteiger charge is -2.13. The van der Waals surface area contributed by atoms with Crippen LogP contribution in [0.3, 0.4) is 0 Å². The molecule has 5 heteroatoms. The highest BCUT2D eigenvalue weighted by Gasteiger charge is 2.08. The minimum Gasteiger partial charge on any atom is -0.317 e. The highest BCUT2D eigenvalue weighted by Crippen LogP contribution is 2.10. The molecular weight excluding hydrogens is 214 g/mol. The summed E-state index contributed by atoms with van der Waals surface area (Å²) < 4.78 is 1.99. The highest BCUT2D eigenvalue weighted by molar-refractivity contribution is 5.14. The molecule has 2 aromatic heterocycles. The normalized spacial score (nSPS) is 12.6. The van der Waals surface area contributed by atoms with Crippen LogP contribution in [0.15, 0.2) is 24.5 Å². The maximum Gasteiger partial charge on any atom is 0.146 e. The minimum absolute atomic E-state index is 0.273. The molecular formula is C12H17N5. The fraction of sp³-hybridized carbons (Fsp3) is 0.417. The number of aryl methyl sites for hydroxylation is 1. The number of rotatable bonds is 4. The summed E-state index contributed by atoms with van der Waals surface area (Å²) in [6.07, 6.45) is 3.61. The first-order valence-corrected chi connectivity index (χ1v) is 5.66. The first kappa shape index (κ1) is 11.7. The standard InChI is InChI=1S/C12H17N5/c1-9(11-4-6-13-7-5-11)14-8-12-16-15-10(2)17(12)3/h4-7,9,14H,8H2,1-3H3. The Balaban J connectivity index is 1.97. The average Bonchev–Trinajstić information content (AvgIpc) is 2.68. The fourth-order valence-corrected chi connectivity index (χ4v) is 1.62. The molecule has 2 aromatic rings. The molecule has 0 aliphatic rings. The summed E-state index contributed by atoms with van der Waals surface area (Å²) in [5.41, 5.74) is 1.22. The number of hydrogen-bond donors (Lipinski definition) is 1. The van der Waals surface area contributed by atoms with Crippen LogP contribution in [-0.2, 0) is 13.6 Å². The fourth-order valence-electron chi connectivity index (χ4n) is 1.62. The Kier molecular flexibility index (Phi) is 3.49. The second kappa shape index (κ2) is 5.05. The van der Waals surface area contributed by atoms with Gasteiger partial charge in [0.05, 0.1) is 6.54 Å². The maximum atomic E-state index is 4.12. The molecule has 0 aliphatic carbocycles. The van der Waals surface area contributed by atoms with Gasteiger partial charge < -0.3 is 9.88 Å². The molecule has 0 saturated heterocycles. The molecule has 90 valence electrons. The van der Waals surface area contributed by atoms with Gasteiger partial charge >= 0.3 is 0 Å². The smallest absolute Gasteiger partial charge is 0.146 e. The van der Waals surface area contributed by atoms with Crippen molar-refractivity contribution in [1.82, 2.24) is 25.1 Å². The van der Waals surface area contributed by atoms with Crippen LogP contribution in [0.1, 0.15) is 30.2 Å². The summed E-state index contributed by atoms with van der Waals surface area (Å²) in [5, 5.41) is 11.6. The van der Waals surface area contributed by atoms with Crippen LogP contribution in [0.5, 0.6) is 0 Å². The van der Waals surface area contributed by atoms with Gasteiger partial charge in [-0.2, -0.15) is 0 Å². The summed E-state index contributed by atoms with van der Waals surface area (Å²) in [7, 11) is 1.98. The number of nitrogens with zero attached hydrogens (tertiary/aromatic N) is 4. The van der Waals surface area contributed by atoms with Gasteiger partial charge in [0.15, 0.2) is 0 Å². The van der Waals surface area contributed by atoms with Crippen LogP contribution >= 0.6 is 0 Å². The maximum absolute atomic E-state index is 4.12. The monoisotopic (exact) mass is 231 g/mol. The molecule has 0 bridgehead atoms. The van der Waals surface area contributed by atoms with Gasteiger partial charge in [-0.3, -0.25) is 4.98 Å². The lowest BCUT2D eigenvalue weighted by atomic mass is 10.1. The van der Waals surface area contributed by atoms with E-state index in [0.717, 1.165) is 11.6 Å². The topological polar surface area (TPSA) is 55.6 Å². The summed E-state index contributed by atoms with van der Waals surface area (Å²) >= 11 is 0. The van der Waals surface area contributed by atoms with Crippen molar-refractivity contribution >= 4 is 0 Å². The molecule has 1 unspecified atom stereocenters. The van der Waals surface area contributed by atoms with Crippen molar-refractivity contribution in [3.63, 3.8) is 0 Å². The average molecular weight is 231 g/mol. The highest BCUT2D eigenvalue weighted by atomic mass is 15.3. The second-order valence-corrected chi connectivity index (χ2v) is 4.11. The number of nitrogens with one attached hydrogen (secondary N) is 1. The Morgan fingerprint density at radius 2 is 2.00 bits per heavy atom. The predicted octanol–water partition coefficient (Wildman–Crippen LogP) is 1.37. The molecule has 0 aliphatic heterocycles. The molecule has 1 atom stereocenters. The number of pyridine rings is 1. The summed E-state index contributed by atoms with van der Waals surface area (Å²) in [4.78, 5) is 4.01. The molecule has 5 nitrogen and oxygen atoms in total. The molecule has 0 fully saturated rings. The van der Waals surface area contributed by atoms with E-state index in [1.807, 2.05) is 30.7 Å². The zero-order valence-corrected chi connectivity index (χ0v) is 10.4. The van der Waals surface area contributed by atoms with E-state index >= 15 is 0 Å². The Morgan fingerprint density at radius 3 is 2.59 bits per heavy atom. The van der Waals surface area contributed by atoms with E-state index in [2.05, 4.69) is 27.4 Å². The summed E-state index contributed by atoms with van der Waals surface area (Å²) in [5.74, 6) is 1.88. The van der Waals surface area contributed by atoms with E-state index in [4.69, 9.17) is 0 Å². The van der Waals surface area contributed by atoms with Crippen molar-refractivity contribution in [2.24, 2.45) is 7.05 Å². The number of aromatic nitrogens is 4. The van der Waals surface area contributed by atoms with Crippen molar-refractivity contribution in [3.8, 4) is 0 Å². The molecule has 0 spiro atoms. The van der Waals surface area contributed by atoms with Gasteiger partial charge in [0.2, 0.25) is 0 Å².